The summed E-state index contributed by atoms with van der Waals surface area (Å²) in [6.45, 7) is 10.8. The van der Waals surface area contributed by atoms with E-state index in [1.807, 2.05) is 11.3 Å². The van der Waals surface area contributed by atoms with Gasteiger partial charge >= 0.3 is 0 Å². The molecule has 0 bridgehead atoms. The van der Waals surface area contributed by atoms with Crippen LogP contribution in [0.2, 0.25) is 0 Å². The van der Waals surface area contributed by atoms with Gasteiger partial charge in [-0.05, 0) is 77.5 Å². The van der Waals surface area contributed by atoms with Crippen LogP contribution >= 0.6 is 27.3 Å². The van der Waals surface area contributed by atoms with E-state index >= 15 is 0 Å². The summed E-state index contributed by atoms with van der Waals surface area (Å²) in [5, 5.41) is 3.84. The van der Waals surface area contributed by atoms with Gasteiger partial charge in [-0.1, -0.05) is 34.1 Å². The average molecular weight is 372 g/mol. The van der Waals surface area contributed by atoms with Gasteiger partial charge in [-0.2, -0.15) is 0 Å². The third kappa shape index (κ3) is 4.80. The summed E-state index contributed by atoms with van der Waals surface area (Å²) in [5.41, 5.74) is 0.371. The summed E-state index contributed by atoms with van der Waals surface area (Å²) in [6, 6.07) is 5.18. The topological polar surface area (TPSA) is 12.0 Å². The second kappa shape index (κ2) is 7.61. The Morgan fingerprint density at radius 1 is 1.33 bits per heavy atom. The number of rotatable bonds is 6. The molecule has 1 aromatic rings. The van der Waals surface area contributed by atoms with Crippen LogP contribution in [0.4, 0.5) is 0 Å². The van der Waals surface area contributed by atoms with Crippen LogP contribution < -0.4 is 5.32 Å². The molecule has 3 atom stereocenters. The number of hydrogen-bond donors (Lipinski definition) is 1. The zero-order valence-corrected chi connectivity index (χ0v) is 16.3. The van der Waals surface area contributed by atoms with Crippen molar-refractivity contribution in [1.29, 1.82) is 0 Å². The maximum atomic E-state index is 3.84. The second-order valence-electron chi connectivity index (χ2n) is 7.46. The van der Waals surface area contributed by atoms with Crippen molar-refractivity contribution in [2.24, 2.45) is 17.3 Å². The Labute approximate surface area is 143 Å². The molecule has 1 fully saturated rings. The first-order valence-electron chi connectivity index (χ1n) is 8.40. The predicted molar refractivity (Wildman–Crippen MR) is 98.1 cm³/mol. The van der Waals surface area contributed by atoms with E-state index in [9.17, 15) is 0 Å². The molecular weight excluding hydrogens is 342 g/mol. The quantitative estimate of drug-likeness (QED) is 0.657. The molecule has 1 nitrogen and oxygen atoms in total. The largest absolute Gasteiger partial charge is 0.314 e. The van der Waals surface area contributed by atoms with E-state index in [-0.39, 0.29) is 0 Å². The molecule has 0 radical (unpaired) electrons. The normalized spacial score (nSPS) is 27.0. The van der Waals surface area contributed by atoms with Crippen molar-refractivity contribution >= 4 is 27.3 Å². The SMILES string of the molecule is CCCNC1CC(C)CCC1C(C)(C)Cc1ccc(Br)s1. The molecule has 0 saturated heterocycles. The smallest absolute Gasteiger partial charge is 0.0701 e. The summed E-state index contributed by atoms with van der Waals surface area (Å²) in [4.78, 5) is 1.51. The van der Waals surface area contributed by atoms with Crippen molar-refractivity contribution in [1.82, 2.24) is 5.32 Å². The van der Waals surface area contributed by atoms with Crippen LogP contribution in [0, 0.1) is 17.3 Å². The summed E-state index contributed by atoms with van der Waals surface area (Å²) in [5.74, 6) is 1.67. The molecule has 3 heteroatoms. The Morgan fingerprint density at radius 2 is 2.10 bits per heavy atom. The Morgan fingerprint density at radius 3 is 2.71 bits per heavy atom. The molecule has 1 N–H and O–H groups in total. The number of hydrogen-bond acceptors (Lipinski definition) is 2. The van der Waals surface area contributed by atoms with Gasteiger partial charge in [0.1, 0.15) is 0 Å². The lowest BCUT2D eigenvalue weighted by atomic mass is 9.65. The highest BCUT2D eigenvalue weighted by molar-refractivity contribution is 9.11. The molecule has 1 heterocycles. The standard InChI is InChI=1S/C18H30BrNS/c1-5-10-20-16-11-13(2)6-8-15(16)18(3,4)12-14-7-9-17(19)21-14/h7,9,13,15-16,20H,5-6,8,10-12H2,1-4H3. The van der Waals surface area contributed by atoms with Crippen molar-refractivity contribution in [2.45, 2.75) is 65.8 Å². The van der Waals surface area contributed by atoms with E-state index in [1.54, 1.807) is 0 Å². The maximum absolute atomic E-state index is 3.84. The molecule has 21 heavy (non-hydrogen) atoms. The van der Waals surface area contributed by atoms with Crippen LogP contribution in [-0.2, 0) is 6.42 Å². The van der Waals surface area contributed by atoms with Crippen molar-refractivity contribution < 1.29 is 0 Å². The molecule has 0 amide bonds. The summed E-state index contributed by atoms with van der Waals surface area (Å²) < 4.78 is 1.26. The number of nitrogens with one attached hydrogen (secondary N) is 1. The first-order chi connectivity index (χ1) is 9.92. The molecule has 1 aliphatic carbocycles. The lowest BCUT2D eigenvalue weighted by molar-refractivity contribution is 0.0947. The van der Waals surface area contributed by atoms with Crippen LogP contribution in [0.5, 0.6) is 0 Å². The van der Waals surface area contributed by atoms with E-state index < -0.39 is 0 Å². The zero-order chi connectivity index (χ0) is 15.5. The van der Waals surface area contributed by atoms with E-state index in [2.05, 4.69) is 61.1 Å². The van der Waals surface area contributed by atoms with Crippen LogP contribution in [-0.4, -0.2) is 12.6 Å². The first kappa shape index (κ1) is 17.5. The van der Waals surface area contributed by atoms with Gasteiger partial charge in [-0.15, -0.1) is 11.3 Å². The van der Waals surface area contributed by atoms with Gasteiger partial charge in [0.05, 0.1) is 3.79 Å². The van der Waals surface area contributed by atoms with E-state index in [4.69, 9.17) is 0 Å². The minimum absolute atomic E-state index is 0.371. The van der Waals surface area contributed by atoms with Gasteiger partial charge in [0.25, 0.3) is 0 Å². The lowest BCUT2D eigenvalue weighted by Crippen LogP contribution is -2.47. The van der Waals surface area contributed by atoms with Crippen LogP contribution in [0.15, 0.2) is 15.9 Å². The maximum Gasteiger partial charge on any atom is 0.0701 e. The minimum Gasteiger partial charge on any atom is -0.314 e. The van der Waals surface area contributed by atoms with E-state index in [0.29, 0.717) is 11.5 Å². The van der Waals surface area contributed by atoms with E-state index in [1.165, 1.54) is 40.8 Å². The zero-order valence-electron chi connectivity index (χ0n) is 13.9. The lowest BCUT2D eigenvalue weighted by Gasteiger charge is -2.44. The molecule has 0 aromatic carbocycles. The highest BCUT2D eigenvalue weighted by Crippen LogP contribution is 2.43. The molecule has 3 unspecified atom stereocenters. The van der Waals surface area contributed by atoms with Gasteiger partial charge in [-0.25, -0.2) is 0 Å². The van der Waals surface area contributed by atoms with Crippen LogP contribution in [0.25, 0.3) is 0 Å². The first-order valence-corrected chi connectivity index (χ1v) is 10.0. The monoisotopic (exact) mass is 371 g/mol. The van der Waals surface area contributed by atoms with Crippen molar-refractivity contribution in [3.63, 3.8) is 0 Å². The highest BCUT2D eigenvalue weighted by atomic mass is 79.9. The molecule has 0 aliphatic heterocycles. The van der Waals surface area contributed by atoms with Gasteiger partial charge < -0.3 is 5.32 Å². The molecule has 1 saturated carbocycles. The predicted octanol–water partition coefficient (Wildman–Crippen LogP) is 5.88. The van der Waals surface area contributed by atoms with Crippen molar-refractivity contribution in [3.05, 3.63) is 20.8 Å². The van der Waals surface area contributed by atoms with Gasteiger partial charge in [-0.3, -0.25) is 0 Å². The Hall–Kier alpha value is 0.140. The fraction of sp³-hybridized carbons (Fsp3) is 0.778. The van der Waals surface area contributed by atoms with Gasteiger partial charge in [0.2, 0.25) is 0 Å². The fourth-order valence-corrected chi connectivity index (χ4v) is 5.62. The Kier molecular flexibility index (Phi) is 6.34. The third-order valence-corrected chi connectivity index (χ3v) is 6.66. The van der Waals surface area contributed by atoms with Crippen LogP contribution in [0.3, 0.4) is 0 Å². The summed E-state index contributed by atoms with van der Waals surface area (Å²) >= 11 is 5.49. The number of thiophene rings is 1. The van der Waals surface area contributed by atoms with Crippen LogP contribution in [0.1, 0.15) is 58.3 Å². The molecule has 120 valence electrons. The van der Waals surface area contributed by atoms with E-state index in [0.717, 1.165) is 18.4 Å². The Bertz CT molecular complexity index is 440. The molecule has 1 aromatic heterocycles. The van der Waals surface area contributed by atoms with Crippen molar-refractivity contribution in [2.75, 3.05) is 6.54 Å². The molecular formula is C18H30BrNS. The third-order valence-electron chi connectivity index (χ3n) is 5.03. The Balaban J connectivity index is 2.07. The van der Waals surface area contributed by atoms with Gasteiger partial charge in [0.15, 0.2) is 0 Å². The average Bonchev–Trinajstić information content (AvgIpc) is 2.80. The highest BCUT2D eigenvalue weighted by Gasteiger charge is 2.38. The molecule has 1 aliphatic rings. The minimum atomic E-state index is 0.371. The second-order valence-corrected chi connectivity index (χ2v) is 10.0. The summed E-state index contributed by atoms with van der Waals surface area (Å²) in [6.07, 6.45) is 6.55. The molecule has 2 rings (SSSR count). The summed E-state index contributed by atoms with van der Waals surface area (Å²) in [7, 11) is 0. The van der Waals surface area contributed by atoms with Crippen molar-refractivity contribution in [3.8, 4) is 0 Å². The number of halogens is 1. The van der Waals surface area contributed by atoms with Gasteiger partial charge in [0, 0.05) is 10.9 Å². The fourth-order valence-electron chi connectivity index (χ4n) is 3.90. The molecule has 0 spiro atoms.